The SMILES string of the molecule is CC(N(C)Cc1cccc(C(=O)NN)n1)C(C)(C)C. The first-order chi connectivity index (χ1) is 8.75. The number of nitrogens with two attached hydrogens (primary N) is 1. The highest BCUT2D eigenvalue weighted by atomic mass is 16.2. The maximum Gasteiger partial charge on any atom is 0.283 e. The second kappa shape index (κ2) is 6.12. The zero-order valence-corrected chi connectivity index (χ0v) is 12.4. The van der Waals surface area contributed by atoms with Gasteiger partial charge in [-0.25, -0.2) is 10.8 Å². The van der Waals surface area contributed by atoms with Crippen LogP contribution in [0.2, 0.25) is 0 Å². The fraction of sp³-hybridized carbons (Fsp3) is 0.571. The van der Waals surface area contributed by atoms with Gasteiger partial charge in [-0.2, -0.15) is 0 Å². The molecule has 5 nitrogen and oxygen atoms in total. The number of pyridine rings is 1. The van der Waals surface area contributed by atoms with Crippen LogP contribution in [0.5, 0.6) is 0 Å². The zero-order chi connectivity index (χ0) is 14.6. The topological polar surface area (TPSA) is 71.2 Å². The second-order valence-electron chi connectivity index (χ2n) is 5.94. The molecule has 0 fully saturated rings. The number of aromatic nitrogens is 1. The molecule has 0 spiro atoms. The van der Waals surface area contributed by atoms with E-state index >= 15 is 0 Å². The van der Waals surface area contributed by atoms with Crippen molar-refractivity contribution in [2.45, 2.75) is 40.3 Å². The predicted molar refractivity (Wildman–Crippen MR) is 76.3 cm³/mol. The third kappa shape index (κ3) is 4.29. The van der Waals surface area contributed by atoms with Crippen molar-refractivity contribution in [1.82, 2.24) is 15.3 Å². The lowest BCUT2D eigenvalue weighted by Gasteiger charge is -2.35. The molecule has 106 valence electrons. The van der Waals surface area contributed by atoms with E-state index in [1.807, 2.05) is 12.1 Å². The number of nitrogens with one attached hydrogen (secondary N) is 1. The number of carbonyl (C=O) groups excluding carboxylic acids is 1. The first-order valence-electron chi connectivity index (χ1n) is 6.43. The molecule has 3 N–H and O–H groups in total. The van der Waals surface area contributed by atoms with Crippen LogP contribution >= 0.6 is 0 Å². The summed E-state index contributed by atoms with van der Waals surface area (Å²) in [6, 6.07) is 5.79. The lowest BCUT2D eigenvalue weighted by molar-refractivity contribution is 0.0947. The highest BCUT2D eigenvalue weighted by molar-refractivity contribution is 5.91. The predicted octanol–water partition coefficient (Wildman–Crippen LogP) is 1.55. The fourth-order valence-corrected chi connectivity index (χ4v) is 1.82. The number of hydrogen-bond acceptors (Lipinski definition) is 4. The molecule has 0 aliphatic heterocycles. The summed E-state index contributed by atoms with van der Waals surface area (Å²) >= 11 is 0. The monoisotopic (exact) mass is 264 g/mol. The molecular formula is C14H24N4O. The standard InChI is InChI=1S/C14H24N4O/c1-10(14(2,3)4)18(5)9-11-7-6-8-12(16-11)13(19)17-15/h6-8,10H,9,15H2,1-5H3,(H,17,19). The van der Waals surface area contributed by atoms with Gasteiger partial charge in [-0.05, 0) is 31.5 Å². The average Bonchev–Trinajstić information content (AvgIpc) is 2.36. The minimum atomic E-state index is -0.367. The Kier molecular flexibility index (Phi) is 5.03. The molecule has 1 rings (SSSR count). The lowest BCUT2D eigenvalue weighted by Crippen LogP contribution is -2.39. The third-order valence-electron chi connectivity index (χ3n) is 3.50. The summed E-state index contributed by atoms with van der Waals surface area (Å²) in [6.45, 7) is 9.51. The number of nitrogen functional groups attached to an aromatic ring is 1. The minimum Gasteiger partial charge on any atom is -0.297 e. The van der Waals surface area contributed by atoms with Gasteiger partial charge in [0.25, 0.3) is 5.91 Å². The summed E-state index contributed by atoms with van der Waals surface area (Å²) in [7, 11) is 2.06. The van der Waals surface area contributed by atoms with Crippen molar-refractivity contribution < 1.29 is 4.79 Å². The highest BCUT2D eigenvalue weighted by Crippen LogP contribution is 2.23. The van der Waals surface area contributed by atoms with Gasteiger partial charge in [-0.3, -0.25) is 15.1 Å². The van der Waals surface area contributed by atoms with Crippen molar-refractivity contribution in [1.29, 1.82) is 0 Å². The van der Waals surface area contributed by atoms with Gasteiger partial charge < -0.3 is 0 Å². The Morgan fingerprint density at radius 3 is 2.63 bits per heavy atom. The van der Waals surface area contributed by atoms with E-state index in [2.05, 4.69) is 50.1 Å². The third-order valence-corrected chi connectivity index (χ3v) is 3.50. The lowest BCUT2D eigenvalue weighted by atomic mass is 9.87. The molecule has 1 amide bonds. The van der Waals surface area contributed by atoms with Gasteiger partial charge >= 0.3 is 0 Å². The van der Waals surface area contributed by atoms with Gasteiger partial charge in [0.2, 0.25) is 0 Å². The van der Waals surface area contributed by atoms with E-state index in [-0.39, 0.29) is 11.3 Å². The summed E-state index contributed by atoms with van der Waals surface area (Å²) in [4.78, 5) is 18.0. The highest BCUT2D eigenvalue weighted by Gasteiger charge is 2.24. The van der Waals surface area contributed by atoms with Crippen LogP contribution in [-0.4, -0.2) is 28.9 Å². The molecule has 0 aliphatic carbocycles. The number of carbonyl (C=O) groups is 1. The number of nitrogens with zero attached hydrogens (tertiary/aromatic N) is 2. The number of rotatable bonds is 4. The first kappa shape index (κ1) is 15.6. The quantitative estimate of drug-likeness (QED) is 0.492. The first-order valence-corrected chi connectivity index (χ1v) is 6.43. The van der Waals surface area contributed by atoms with Crippen LogP contribution in [0.25, 0.3) is 0 Å². The normalized spacial score (nSPS) is 13.4. The fourth-order valence-electron chi connectivity index (χ4n) is 1.82. The van der Waals surface area contributed by atoms with E-state index in [4.69, 9.17) is 5.84 Å². The van der Waals surface area contributed by atoms with Gasteiger partial charge in [-0.15, -0.1) is 0 Å². The van der Waals surface area contributed by atoms with Crippen LogP contribution in [0.1, 0.15) is 43.9 Å². The number of hydrazine groups is 1. The number of hydrogen-bond donors (Lipinski definition) is 2. The van der Waals surface area contributed by atoms with Crippen LogP contribution in [0.4, 0.5) is 0 Å². The molecule has 1 atom stereocenters. The summed E-state index contributed by atoms with van der Waals surface area (Å²) in [5.41, 5.74) is 3.49. The van der Waals surface area contributed by atoms with Crippen molar-refractivity contribution in [3.05, 3.63) is 29.6 Å². The molecule has 5 heteroatoms. The van der Waals surface area contributed by atoms with E-state index in [9.17, 15) is 4.79 Å². The molecule has 1 aromatic rings. The van der Waals surface area contributed by atoms with Crippen molar-refractivity contribution in [3.8, 4) is 0 Å². The molecule has 0 bridgehead atoms. The van der Waals surface area contributed by atoms with Crippen molar-refractivity contribution in [2.75, 3.05) is 7.05 Å². The van der Waals surface area contributed by atoms with E-state index in [0.717, 1.165) is 5.69 Å². The Hall–Kier alpha value is -1.46. The van der Waals surface area contributed by atoms with Crippen LogP contribution in [-0.2, 0) is 6.54 Å². The van der Waals surface area contributed by atoms with Crippen LogP contribution < -0.4 is 11.3 Å². The molecule has 0 aliphatic rings. The molecule has 19 heavy (non-hydrogen) atoms. The Balaban J connectivity index is 2.80. The Morgan fingerprint density at radius 2 is 2.11 bits per heavy atom. The summed E-state index contributed by atoms with van der Waals surface area (Å²) in [5, 5.41) is 0. The van der Waals surface area contributed by atoms with Gasteiger partial charge in [0.05, 0.1) is 5.69 Å². The Labute approximate surface area is 115 Å². The molecule has 1 aromatic heterocycles. The van der Waals surface area contributed by atoms with Crippen molar-refractivity contribution in [2.24, 2.45) is 11.3 Å². The molecule has 0 saturated carbocycles. The molecule has 0 radical (unpaired) electrons. The van der Waals surface area contributed by atoms with E-state index in [1.165, 1.54) is 0 Å². The second-order valence-corrected chi connectivity index (χ2v) is 5.94. The summed E-state index contributed by atoms with van der Waals surface area (Å²) < 4.78 is 0. The van der Waals surface area contributed by atoms with Gasteiger partial charge in [-0.1, -0.05) is 26.8 Å². The van der Waals surface area contributed by atoms with E-state index in [1.54, 1.807) is 6.07 Å². The van der Waals surface area contributed by atoms with Crippen LogP contribution in [0.3, 0.4) is 0 Å². The van der Waals surface area contributed by atoms with E-state index < -0.39 is 0 Å². The van der Waals surface area contributed by atoms with E-state index in [0.29, 0.717) is 18.3 Å². The van der Waals surface area contributed by atoms with Crippen LogP contribution in [0, 0.1) is 5.41 Å². The molecule has 0 aromatic carbocycles. The van der Waals surface area contributed by atoms with Crippen LogP contribution in [0.15, 0.2) is 18.2 Å². The maximum atomic E-state index is 11.4. The largest absolute Gasteiger partial charge is 0.297 e. The van der Waals surface area contributed by atoms with Crippen molar-refractivity contribution >= 4 is 5.91 Å². The Bertz CT molecular complexity index is 439. The maximum absolute atomic E-state index is 11.4. The average molecular weight is 264 g/mol. The van der Waals surface area contributed by atoms with Gasteiger partial charge in [0.1, 0.15) is 5.69 Å². The summed E-state index contributed by atoms with van der Waals surface area (Å²) in [6.07, 6.45) is 0. The van der Waals surface area contributed by atoms with Gasteiger partial charge in [0, 0.05) is 12.6 Å². The number of amides is 1. The minimum absolute atomic E-state index is 0.195. The van der Waals surface area contributed by atoms with Gasteiger partial charge in [0.15, 0.2) is 0 Å². The molecule has 1 unspecified atom stereocenters. The molecular weight excluding hydrogens is 240 g/mol. The Morgan fingerprint density at radius 1 is 1.47 bits per heavy atom. The zero-order valence-electron chi connectivity index (χ0n) is 12.4. The smallest absolute Gasteiger partial charge is 0.283 e. The molecule has 0 saturated heterocycles. The summed E-state index contributed by atoms with van der Waals surface area (Å²) in [5.74, 6) is 4.74. The van der Waals surface area contributed by atoms with Crippen molar-refractivity contribution in [3.63, 3.8) is 0 Å². The molecule has 1 heterocycles.